The molecule has 1 aromatic carbocycles. The smallest absolute Gasteiger partial charge is 0.182 e. The van der Waals surface area contributed by atoms with Crippen molar-refractivity contribution < 1.29 is 9.47 Å². The number of rotatable bonds is 7. The molecule has 0 saturated carbocycles. The fourth-order valence-corrected chi connectivity index (χ4v) is 1.70. The largest absolute Gasteiger partial charge is 0.497 e. The van der Waals surface area contributed by atoms with Crippen molar-refractivity contribution in [3.8, 4) is 11.8 Å². The molecule has 2 aromatic rings. The molecule has 1 heterocycles. The highest BCUT2D eigenvalue weighted by Crippen LogP contribution is 2.12. The summed E-state index contributed by atoms with van der Waals surface area (Å²) in [6, 6.07) is 9.70. The Morgan fingerprint density at radius 3 is 2.67 bits per heavy atom. The lowest BCUT2D eigenvalue weighted by Crippen LogP contribution is -2.11. The molecular weight excluding hydrogens is 268 g/mol. The second kappa shape index (κ2) is 7.82. The van der Waals surface area contributed by atoms with Crippen molar-refractivity contribution in [2.24, 2.45) is 0 Å². The Morgan fingerprint density at radius 2 is 1.95 bits per heavy atom. The van der Waals surface area contributed by atoms with Gasteiger partial charge in [0.2, 0.25) is 0 Å². The fraction of sp³-hybridized carbons (Fsp3) is 0.267. The maximum absolute atomic E-state index is 8.88. The minimum absolute atomic E-state index is 0.285. The molecule has 108 valence electrons. The number of hydrogen-bond donors (Lipinski definition) is 1. The van der Waals surface area contributed by atoms with Crippen LogP contribution in [0.3, 0.4) is 0 Å². The van der Waals surface area contributed by atoms with E-state index in [-0.39, 0.29) is 5.69 Å². The van der Waals surface area contributed by atoms with Crippen molar-refractivity contribution in [2.75, 3.05) is 25.6 Å². The number of hydrogen-bond acceptors (Lipinski definition) is 6. The number of anilines is 1. The zero-order valence-corrected chi connectivity index (χ0v) is 11.7. The van der Waals surface area contributed by atoms with E-state index in [1.54, 1.807) is 13.3 Å². The summed E-state index contributed by atoms with van der Waals surface area (Å²) in [6.07, 6.45) is 3.03. The molecule has 0 fully saturated rings. The SMILES string of the molecule is COc1ccc(COCCNc2nccnc2C#N)cc1. The summed E-state index contributed by atoms with van der Waals surface area (Å²) in [7, 11) is 1.64. The maximum Gasteiger partial charge on any atom is 0.182 e. The Morgan fingerprint density at radius 1 is 1.19 bits per heavy atom. The van der Waals surface area contributed by atoms with Crippen molar-refractivity contribution in [2.45, 2.75) is 6.61 Å². The Bertz CT molecular complexity index is 608. The molecule has 0 saturated heterocycles. The van der Waals surface area contributed by atoms with E-state index >= 15 is 0 Å². The van der Waals surface area contributed by atoms with Crippen molar-refractivity contribution >= 4 is 5.82 Å². The van der Waals surface area contributed by atoms with Crippen LogP contribution in [0.15, 0.2) is 36.7 Å². The molecule has 1 N–H and O–H groups in total. The number of nitrogens with zero attached hydrogens (tertiary/aromatic N) is 3. The Labute approximate surface area is 123 Å². The molecule has 0 spiro atoms. The van der Waals surface area contributed by atoms with E-state index in [1.807, 2.05) is 30.3 Å². The second-order valence-electron chi connectivity index (χ2n) is 4.19. The van der Waals surface area contributed by atoms with Gasteiger partial charge >= 0.3 is 0 Å². The standard InChI is InChI=1S/C15H16N4O2/c1-20-13-4-2-12(3-5-13)11-21-9-8-19-15-14(10-16)17-6-7-18-15/h2-7H,8-9,11H2,1H3,(H,18,19). The zero-order chi connectivity index (χ0) is 14.9. The van der Waals surface area contributed by atoms with Crippen molar-refractivity contribution in [3.63, 3.8) is 0 Å². The third-order valence-electron chi connectivity index (χ3n) is 2.77. The first-order valence-electron chi connectivity index (χ1n) is 6.49. The van der Waals surface area contributed by atoms with E-state index in [0.717, 1.165) is 11.3 Å². The van der Waals surface area contributed by atoms with Gasteiger partial charge in [-0.1, -0.05) is 12.1 Å². The van der Waals surface area contributed by atoms with E-state index < -0.39 is 0 Å². The summed E-state index contributed by atoms with van der Waals surface area (Å²) >= 11 is 0. The first-order valence-corrected chi connectivity index (χ1v) is 6.49. The molecule has 0 aliphatic rings. The van der Waals surface area contributed by atoms with Crippen LogP contribution >= 0.6 is 0 Å². The molecule has 0 aliphatic carbocycles. The van der Waals surface area contributed by atoms with Crippen molar-refractivity contribution in [1.82, 2.24) is 9.97 Å². The number of ether oxygens (including phenoxy) is 2. The number of nitriles is 1. The van der Waals surface area contributed by atoms with Crippen LogP contribution in [0.4, 0.5) is 5.82 Å². The van der Waals surface area contributed by atoms with Gasteiger partial charge < -0.3 is 14.8 Å². The summed E-state index contributed by atoms with van der Waals surface area (Å²) in [5.74, 6) is 1.31. The summed E-state index contributed by atoms with van der Waals surface area (Å²) in [6.45, 7) is 1.59. The van der Waals surface area contributed by atoms with Crippen LogP contribution < -0.4 is 10.1 Å². The van der Waals surface area contributed by atoms with Gasteiger partial charge in [-0.25, -0.2) is 9.97 Å². The minimum atomic E-state index is 0.285. The Balaban J connectivity index is 1.71. The van der Waals surface area contributed by atoms with Crippen LogP contribution in [0.1, 0.15) is 11.3 Å². The normalized spacial score (nSPS) is 9.90. The summed E-state index contributed by atoms with van der Waals surface area (Å²) < 4.78 is 10.6. The molecule has 1 aromatic heterocycles. The van der Waals surface area contributed by atoms with E-state index in [1.165, 1.54) is 6.20 Å². The predicted molar refractivity (Wildman–Crippen MR) is 77.9 cm³/mol. The van der Waals surface area contributed by atoms with Crippen LogP contribution in [-0.2, 0) is 11.3 Å². The van der Waals surface area contributed by atoms with Gasteiger partial charge in [0.1, 0.15) is 11.8 Å². The van der Waals surface area contributed by atoms with E-state index in [0.29, 0.717) is 25.6 Å². The number of benzene rings is 1. The average molecular weight is 284 g/mol. The van der Waals surface area contributed by atoms with Crippen LogP contribution in [0.25, 0.3) is 0 Å². The fourth-order valence-electron chi connectivity index (χ4n) is 1.70. The predicted octanol–water partition coefficient (Wildman–Crippen LogP) is 1.99. The van der Waals surface area contributed by atoms with E-state index in [9.17, 15) is 0 Å². The molecular formula is C15H16N4O2. The topological polar surface area (TPSA) is 80.1 Å². The van der Waals surface area contributed by atoms with Gasteiger partial charge in [0.25, 0.3) is 0 Å². The molecule has 0 radical (unpaired) electrons. The molecule has 6 nitrogen and oxygen atoms in total. The lowest BCUT2D eigenvalue weighted by atomic mass is 10.2. The number of nitrogens with one attached hydrogen (secondary N) is 1. The monoisotopic (exact) mass is 284 g/mol. The van der Waals surface area contributed by atoms with Gasteiger partial charge in [-0.05, 0) is 17.7 Å². The van der Waals surface area contributed by atoms with Gasteiger partial charge in [-0.15, -0.1) is 0 Å². The van der Waals surface area contributed by atoms with Crippen LogP contribution in [0.5, 0.6) is 5.75 Å². The third-order valence-corrected chi connectivity index (χ3v) is 2.77. The molecule has 0 amide bonds. The van der Waals surface area contributed by atoms with E-state index in [4.69, 9.17) is 14.7 Å². The molecule has 6 heteroatoms. The third kappa shape index (κ3) is 4.44. The van der Waals surface area contributed by atoms with Gasteiger partial charge in [0.15, 0.2) is 11.5 Å². The first-order chi connectivity index (χ1) is 10.3. The van der Waals surface area contributed by atoms with Gasteiger partial charge in [0, 0.05) is 18.9 Å². The number of aromatic nitrogens is 2. The zero-order valence-electron chi connectivity index (χ0n) is 11.7. The molecule has 0 aliphatic heterocycles. The highest BCUT2D eigenvalue weighted by molar-refractivity contribution is 5.46. The minimum Gasteiger partial charge on any atom is -0.497 e. The Kier molecular flexibility index (Phi) is 5.50. The highest BCUT2D eigenvalue weighted by Gasteiger charge is 2.02. The molecule has 2 rings (SSSR count). The summed E-state index contributed by atoms with van der Waals surface area (Å²) in [5.41, 5.74) is 1.36. The molecule has 0 atom stereocenters. The lowest BCUT2D eigenvalue weighted by molar-refractivity contribution is 0.130. The number of methoxy groups -OCH3 is 1. The summed E-state index contributed by atoms with van der Waals surface area (Å²) in [5, 5.41) is 11.9. The van der Waals surface area contributed by atoms with Crippen LogP contribution in [0.2, 0.25) is 0 Å². The average Bonchev–Trinajstić information content (AvgIpc) is 2.55. The van der Waals surface area contributed by atoms with Crippen LogP contribution in [-0.4, -0.2) is 30.2 Å². The summed E-state index contributed by atoms with van der Waals surface area (Å²) in [4.78, 5) is 7.98. The molecule has 21 heavy (non-hydrogen) atoms. The quantitative estimate of drug-likeness (QED) is 0.783. The highest BCUT2D eigenvalue weighted by atomic mass is 16.5. The van der Waals surface area contributed by atoms with Gasteiger partial charge in [-0.2, -0.15) is 5.26 Å². The van der Waals surface area contributed by atoms with Crippen molar-refractivity contribution in [1.29, 1.82) is 5.26 Å². The van der Waals surface area contributed by atoms with E-state index in [2.05, 4.69) is 15.3 Å². The van der Waals surface area contributed by atoms with Crippen LogP contribution in [0, 0.1) is 11.3 Å². The molecule has 0 bridgehead atoms. The molecule has 0 unspecified atom stereocenters. The van der Waals surface area contributed by atoms with Gasteiger partial charge in [0.05, 0.1) is 20.3 Å². The first kappa shape index (κ1) is 14.8. The Hall–Kier alpha value is -2.65. The van der Waals surface area contributed by atoms with Gasteiger partial charge in [-0.3, -0.25) is 0 Å². The maximum atomic E-state index is 8.88. The lowest BCUT2D eigenvalue weighted by Gasteiger charge is -2.08. The van der Waals surface area contributed by atoms with Crippen molar-refractivity contribution in [3.05, 3.63) is 47.9 Å². The second-order valence-corrected chi connectivity index (χ2v) is 4.19.